The monoisotopic (exact) mass is 333 g/mol. The first kappa shape index (κ1) is 14.6. The summed E-state index contributed by atoms with van der Waals surface area (Å²) >= 11 is 1.49. The Morgan fingerprint density at radius 3 is 3.09 bits per heavy atom. The Hall–Kier alpha value is -1.96. The highest BCUT2D eigenvalue weighted by Crippen LogP contribution is 2.31. The number of amides is 1. The number of carbonyl (C=O) groups excluding carboxylic acids is 1. The molecule has 0 spiro atoms. The molecule has 1 aliphatic carbocycles. The molecule has 2 aliphatic rings. The third kappa shape index (κ3) is 3.36. The molecule has 1 amide bonds. The van der Waals surface area contributed by atoms with E-state index in [1.165, 1.54) is 30.4 Å². The molecule has 1 N–H and O–H groups in total. The molecule has 2 fully saturated rings. The lowest BCUT2D eigenvalue weighted by Gasteiger charge is -2.31. The van der Waals surface area contributed by atoms with Gasteiger partial charge in [-0.25, -0.2) is 0 Å². The third-order valence-corrected chi connectivity index (χ3v) is 5.40. The van der Waals surface area contributed by atoms with Gasteiger partial charge < -0.3 is 14.7 Å². The Labute approximate surface area is 138 Å². The van der Waals surface area contributed by atoms with Gasteiger partial charge in [-0.05, 0) is 31.6 Å². The van der Waals surface area contributed by atoms with E-state index in [1.807, 2.05) is 0 Å². The molecule has 0 radical (unpaired) electrons. The highest BCUT2D eigenvalue weighted by molar-refractivity contribution is 7.18. The van der Waals surface area contributed by atoms with E-state index in [1.54, 1.807) is 6.07 Å². The van der Waals surface area contributed by atoms with Crippen LogP contribution in [0, 0.1) is 11.8 Å². The molecule has 0 aromatic carbocycles. The van der Waals surface area contributed by atoms with Crippen molar-refractivity contribution >= 4 is 22.4 Å². The molecule has 1 unspecified atom stereocenters. The minimum Gasteiger partial charge on any atom is -0.364 e. The van der Waals surface area contributed by atoms with E-state index < -0.39 is 0 Å². The maximum absolute atomic E-state index is 12.3. The predicted octanol–water partition coefficient (Wildman–Crippen LogP) is 1.94. The fraction of sp³-hybridized carbons (Fsp3) is 0.600. The predicted molar refractivity (Wildman–Crippen MR) is 86.1 cm³/mol. The van der Waals surface area contributed by atoms with Gasteiger partial charge in [-0.15, -0.1) is 10.2 Å². The van der Waals surface area contributed by atoms with Gasteiger partial charge in [0, 0.05) is 25.7 Å². The number of hydrogen-bond donors (Lipinski definition) is 1. The van der Waals surface area contributed by atoms with E-state index in [0.717, 1.165) is 36.1 Å². The van der Waals surface area contributed by atoms with E-state index in [9.17, 15) is 4.79 Å². The summed E-state index contributed by atoms with van der Waals surface area (Å²) in [5.41, 5.74) is 0.699. The van der Waals surface area contributed by atoms with Crippen molar-refractivity contribution in [3.63, 3.8) is 0 Å². The summed E-state index contributed by atoms with van der Waals surface area (Å²) in [6, 6.07) is 1.77. The molecule has 2 aromatic rings. The SMILES string of the molecule is O=C(NCC1CC1)C1CCCN(c2nnc(-c3ccon3)s2)C1. The van der Waals surface area contributed by atoms with Crippen LogP contribution in [0.2, 0.25) is 0 Å². The Bertz CT molecular complexity index is 667. The molecule has 8 heteroatoms. The quantitative estimate of drug-likeness (QED) is 0.900. The summed E-state index contributed by atoms with van der Waals surface area (Å²) in [6.07, 6.45) is 5.99. The second-order valence-electron chi connectivity index (χ2n) is 6.25. The highest BCUT2D eigenvalue weighted by atomic mass is 32.1. The van der Waals surface area contributed by atoms with Crippen molar-refractivity contribution in [2.45, 2.75) is 25.7 Å². The molecule has 0 bridgehead atoms. The average Bonchev–Trinajstić information content (AvgIpc) is 3.05. The number of nitrogens with zero attached hydrogens (tertiary/aromatic N) is 4. The lowest BCUT2D eigenvalue weighted by molar-refractivity contribution is -0.125. The summed E-state index contributed by atoms with van der Waals surface area (Å²) in [5.74, 6) is 0.941. The largest absolute Gasteiger partial charge is 0.364 e. The Morgan fingerprint density at radius 2 is 2.30 bits per heavy atom. The van der Waals surface area contributed by atoms with Crippen molar-refractivity contribution in [1.29, 1.82) is 0 Å². The van der Waals surface area contributed by atoms with Crippen LogP contribution in [0.5, 0.6) is 0 Å². The zero-order chi connectivity index (χ0) is 15.6. The van der Waals surface area contributed by atoms with Crippen LogP contribution in [0.4, 0.5) is 5.13 Å². The standard InChI is InChI=1S/C15H19N5O2S/c21-13(16-8-10-3-4-10)11-2-1-6-20(9-11)15-18-17-14(23-15)12-5-7-22-19-12/h5,7,10-11H,1-4,6,8-9H2,(H,16,21). The number of aromatic nitrogens is 3. The molecule has 1 atom stereocenters. The Balaban J connectivity index is 1.39. The number of piperidine rings is 1. The van der Waals surface area contributed by atoms with Crippen molar-refractivity contribution in [3.8, 4) is 10.7 Å². The van der Waals surface area contributed by atoms with E-state index in [-0.39, 0.29) is 11.8 Å². The van der Waals surface area contributed by atoms with Gasteiger partial charge in [0.15, 0.2) is 5.01 Å². The van der Waals surface area contributed by atoms with Crippen molar-refractivity contribution in [2.75, 3.05) is 24.5 Å². The first-order chi connectivity index (χ1) is 11.3. The van der Waals surface area contributed by atoms with Gasteiger partial charge in [-0.1, -0.05) is 16.5 Å². The summed E-state index contributed by atoms with van der Waals surface area (Å²) in [4.78, 5) is 14.5. The highest BCUT2D eigenvalue weighted by Gasteiger charge is 2.29. The Morgan fingerprint density at radius 1 is 1.39 bits per heavy atom. The van der Waals surface area contributed by atoms with Gasteiger partial charge in [0.2, 0.25) is 11.0 Å². The maximum Gasteiger partial charge on any atom is 0.224 e. The Kier molecular flexibility index (Phi) is 3.99. The van der Waals surface area contributed by atoms with Crippen LogP contribution in [0.25, 0.3) is 10.7 Å². The molecule has 7 nitrogen and oxygen atoms in total. The average molecular weight is 333 g/mol. The van der Waals surface area contributed by atoms with Gasteiger partial charge in [-0.2, -0.15) is 0 Å². The molecule has 1 saturated carbocycles. The first-order valence-electron chi connectivity index (χ1n) is 8.06. The number of hydrogen-bond acceptors (Lipinski definition) is 7. The molecule has 3 heterocycles. The van der Waals surface area contributed by atoms with E-state index in [4.69, 9.17) is 4.52 Å². The molecular weight excluding hydrogens is 314 g/mol. The van der Waals surface area contributed by atoms with Crippen molar-refractivity contribution in [2.24, 2.45) is 11.8 Å². The van der Waals surface area contributed by atoms with Crippen LogP contribution in [0.15, 0.2) is 16.9 Å². The van der Waals surface area contributed by atoms with Crippen LogP contribution >= 0.6 is 11.3 Å². The van der Waals surface area contributed by atoms with Gasteiger partial charge >= 0.3 is 0 Å². The van der Waals surface area contributed by atoms with Gasteiger partial charge in [-0.3, -0.25) is 4.79 Å². The van der Waals surface area contributed by atoms with Crippen molar-refractivity contribution in [3.05, 3.63) is 12.3 Å². The third-order valence-electron chi connectivity index (χ3n) is 4.40. The summed E-state index contributed by atoms with van der Waals surface area (Å²) < 4.78 is 4.85. The fourth-order valence-electron chi connectivity index (χ4n) is 2.85. The van der Waals surface area contributed by atoms with E-state index in [2.05, 4.69) is 25.6 Å². The second kappa shape index (κ2) is 6.27. The lowest BCUT2D eigenvalue weighted by Crippen LogP contribution is -2.43. The summed E-state index contributed by atoms with van der Waals surface area (Å²) in [5, 5.41) is 17.0. The fourth-order valence-corrected chi connectivity index (χ4v) is 3.69. The first-order valence-corrected chi connectivity index (χ1v) is 8.88. The van der Waals surface area contributed by atoms with Crippen molar-refractivity contribution in [1.82, 2.24) is 20.7 Å². The summed E-state index contributed by atoms with van der Waals surface area (Å²) in [6.45, 7) is 2.47. The van der Waals surface area contributed by atoms with E-state index >= 15 is 0 Å². The molecule has 1 saturated heterocycles. The topological polar surface area (TPSA) is 84.2 Å². The van der Waals surface area contributed by atoms with Gasteiger partial charge in [0.25, 0.3) is 0 Å². The molecule has 1 aliphatic heterocycles. The molecule has 122 valence electrons. The molecule has 2 aromatic heterocycles. The number of carbonyl (C=O) groups is 1. The van der Waals surface area contributed by atoms with Gasteiger partial charge in [0.1, 0.15) is 12.0 Å². The van der Waals surface area contributed by atoms with E-state index in [0.29, 0.717) is 18.2 Å². The van der Waals surface area contributed by atoms with Crippen LogP contribution in [-0.2, 0) is 4.79 Å². The van der Waals surface area contributed by atoms with Crippen LogP contribution < -0.4 is 10.2 Å². The maximum atomic E-state index is 12.3. The number of rotatable bonds is 5. The minimum atomic E-state index is 0.0434. The van der Waals surface area contributed by atoms with Crippen LogP contribution in [0.3, 0.4) is 0 Å². The zero-order valence-corrected chi connectivity index (χ0v) is 13.6. The zero-order valence-electron chi connectivity index (χ0n) is 12.8. The minimum absolute atomic E-state index is 0.0434. The molecular formula is C15H19N5O2S. The molecule has 4 rings (SSSR count). The summed E-state index contributed by atoms with van der Waals surface area (Å²) in [7, 11) is 0. The molecule has 23 heavy (non-hydrogen) atoms. The van der Waals surface area contributed by atoms with Crippen LogP contribution in [-0.4, -0.2) is 40.9 Å². The van der Waals surface area contributed by atoms with Crippen molar-refractivity contribution < 1.29 is 9.32 Å². The number of nitrogens with one attached hydrogen (secondary N) is 1. The van der Waals surface area contributed by atoms with Crippen LogP contribution in [0.1, 0.15) is 25.7 Å². The normalized spacial score (nSPS) is 21.4. The second-order valence-corrected chi connectivity index (χ2v) is 7.20. The smallest absolute Gasteiger partial charge is 0.224 e. The number of anilines is 1. The lowest BCUT2D eigenvalue weighted by atomic mass is 9.97. The van der Waals surface area contributed by atoms with Gasteiger partial charge in [0.05, 0.1) is 5.92 Å².